The van der Waals surface area contributed by atoms with Gasteiger partial charge in [-0.05, 0) is 34.5 Å². The predicted molar refractivity (Wildman–Crippen MR) is 136 cm³/mol. The summed E-state index contributed by atoms with van der Waals surface area (Å²) in [6.07, 6.45) is 0. The van der Waals surface area contributed by atoms with Crippen LogP contribution in [0.4, 0.5) is 0 Å². The number of esters is 1. The smallest absolute Gasteiger partial charge is 0.339 e. The second kappa shape index (κ2) is 6.69. The maximum atomic E-state index is 14.8. The van der Waals surface area contributed by atoms with Gasteiger partial charge in [0.15, 0.2) is 11.4 Å². The molecule has 2 fully saturated rings. The third kappa shape index (κ3) is 1.87. The lowest BCUT2D eigenvalue weighted by Crippen LogP contribution is -2.59. The van der Waals surface area contributed by atoms with Crippen molar-refractivity contribution < 1.29 is 19.4 Å². The fourth-order valence-electron chi connectivity index (χ4n) is 8.14. The highest BCUT2D eigenvalue weighted by Gasteiger charge is 3.02. The normalized spacial score (nSPS) is 32.1. The zero-order valence-corrected chi connectivity index (χ0v) is 20.1. The third-order valence-corrected chi connectivity index (χ3v) is 9.15. The number of rotatable bonds is 3. The Morgan fingerprint density at radius 2 is 1.47 bits per heavy atom. The SMILES string of the molecule is COC(=O)C1(O)[C@@]2(c3ccccc3)[C@]3(C(=O)c4cccc5cccc3c45)N(C)C[C@@]12c1ccccc1. The van der Waals surface area contributed by atoms with Gasteiger partial charge >= 0.3 is 5.97 Å². The maximum absolute atomic E-state index is 14.8. The van der Waals surface area contributed by atoms with Crippen LogP contribution < -0.4 is 0 Å². The number of fused-ring (bicyclic) bond motifs is 3. The first-order valence-electron chi connectivity index (χ1n) is 12.1. The molecule has 36 heavy (non-hydrogen) atoms. The lowest BCUT2D eigenvalue weighted by atomic mass is 9.67. The molecule has 5 nitrogen and oxygen atoms in total. The van der Waals surface area contributed by atoms with Gasteiger partial charge in [-0.25, -0.2) is 4.79 Å². The second-order valence-corrected chi connectivity index (χ2v) is 10.2. The highest BCUT2D eigenvalue weighted by molar-refractivity contribution is 6.23. The lowest BCUT2D eigenvalue weighted by Gasteiger charge is -2.43. The summed E-state index contributed by atoms with van der Waals surface area (Å²) in [4.78, 5) is 30.6. The van der Waals surface area contributed by atoms with E-state index in [1.54, 1.807) is 0 Å². The molecule has 2 aliphatic carbocycles. The molecule has 5 heteroatoms. The highest BCUT2D eigenvalue weighted by Crippen LogP contribution is 2.85. The Morgan fingerprint density at radius 1 is 0.861 bits per heavy atom. The van der Waals surface area contributed by atoms with E-state index in [1.165, 1.54) is 7.11 Å². The van der Waals surface area contributed by atoms with Crippen molar-refractivity contribution in [1.82, 2.24) is 4.90 Å². The molecule has 1 saturated carbocycles. The minimum Gasteiger partial charge on any atom is -0.467 e. The van der Waals surface area contributed by atoms with Crippen LogP contribution in [0.3, 0.4) is 0 Å². The summed E-state index contributed by atoms with van der Waals surface area (Å²) >= 11 is 0. The van der Waals surface area contributed by atoms with E-state index < -0.39 is 27.9 Å². The van der Waals surface area contributed by atoms with Crippen molar-refractivity contribution in [2.75, 3.05) is 20.7 Å². The van der Waals surface area contributed by atoms with E-state index in [0.717, 1.165) is 27.5 Å². The molecule has 1 N–H and O–H groups in total. The highest BCUT2D eigenvalue weighted by atomic mass is 16.5. The first-order valence-corrected chi connectivity index (χ1v) is 12.1. The number of ether oxygens (including phenoxy) is 1. The molecule has 3 aliphatic rings. The molecule has 0 radical (unpaired) electrons. The number of likely N-dealkylation sites (N-methyl/N-ethyl adjacent to an activating group) is 1. The fourth-order valence-corrected chi connectivity index (χ4v) is 8.14. The van der Waals surface area contributed by atoms with Crippen LogP contribution in [-0.2, 0) is 25.9 Å². The van der Waals surface area contributed by atoms with Crippen molar-refractivity contribution in [2.24, 2.45) is 0 Å². The molecule has 1 heterocycles. The van der Waals surface area contributed by atoms with Crippen LogP contribution in [0.2, 0.25) is 0 Å². The van der Waals surface area contributed by atoms with Gasteiger partial charge in [-0.3, -0.25) is 9.69 Å². The molecule has 1 unspecified atom stereocenters. The van der Waals surface area contributed by atoms with E-state index in [4.69, 9.17) is 4.74 Å². The minimum atomic E-state index is -1.97. The fraction of sp³-hybridized carbons (Fsp3) is 0.226. The summed E-state index contributed by atoms with van der Waals surface area (Å²) in [5, 5.41) is 14.6. The Balaban J connectivity index is 1.69. The van der Waals surface area contributed by atoms with E-state index in [1.807, 2.05) is 104 Å². The number of ketones is 1. The molecule has 1 aliphatic heterocycles. The number of hydrogen-bond acceptors (Lipinski definition) is 5. The van der Waals surface area contributed by atoms with Crippen molar-refractivity contribution in [2.45, 2.75) is 22.0 Å². The molecule has 0 amide bonds. The van der Waals surface area contributed by atoms with Crippen molar-refractivity contribution in [3.63, 3.8) is 0 Å². The third-order valence-electron chi connectivity index (χ3n) is 9.15. The Bertz CT molecular complexity index is 1580. The van der Waals surface area contributed by atoms with Gasteiger partial charge in [0.1, 0.15) is 5.54 Å². The largest absolute Gasteiger partial charge is 0.467 e. The molecule has 178 valence electrons. The number of aliphatic hydroxyl groups is 1. The number of carbonyl (C=O) groups is 2. The molecular weight excluding hydrogens is 450 g/mol. The summed E-state index contributed by atoms with van der Waals surface area (Å²) in [7, 11) is 3.23. The van der Waals surface area contributed by atoms with E-state index in [-0.39, 0.29) is 5.78 Å². The molecular formula is C31H25NO4. The van der Waals surface area contributed by atoms with Crippen LogP contribution in [0, 0.1) is 0 Å². The summed E-state index contributed by atoms with van der Waals surface area (Å²) in [6, 6.07) is 30.9. The van der Waals surface area contributed by atoms with Crippen LogP contribution in [0.15, 0.2) is 97.1 Å². The number of nitrogens with zero attached hydrogens (tertiary/aromatic N) is 1. The van der Waals surface area contributed by atoms with E-state index >= 15 is 0 Å². The summed E-state index contributed by atoms with van der Waals surface area (Å²) in [5.74, 6) is -0.822. The zero-order valence-electron chi connectivity index (χ0n) is 20.1. The molecule has 4 aromatic rings. The van der Waals surface area contributed by atoms with Gasteiger partial charge in [-0.2, -0.15) is 0 Å². The van der Waals surface area contributed by atoms with Gasteiger partial charge in [0, 0.05) is 12.1 Å². The zero-order chi connectivity index (χ0) is 24.9. The topological polar surface area (TPSA) is 66.8 Å². The second-order valence-electron chi connectivity index (χ2n) is 10.2. The maximum Gasteiger partial charge on any atom is 0.339 e. The van der Waals surface area contributed by atoms with Gasteiger partial charge in [-0.1, -0.05) is 97.1 Å². The van der Waals surface area contributed by atoms with Crippen LogP contribution in [-0.4, -0.2) is 48.1 Å². The van der Waals surface area contributed by atoms with Crippen LogP contribution >= 0.6 is 0 Å². The van der Waals surface area contributed by atoms with Crippen LogP contribution in [0.1, 0.15) is 27.0 Å². The first kappa shape index (κ1) is 21.5. The van der Waals surface area contributed by atoms with E-state index in [0.29, 0.717) is 12.1 Å². The molecule has 0 aromatic heterocycles. The number of likely N-dealkylation sites (tertiary alicyclic amines) is 1. The monoisotopic (exact) mass is 475 g/mol. The molecule has 4 aromatic carbocycles. The standard InChI is InChI=1S/C31H25NO4/c1-32-19-28(21-13-5-3-6-14-21)30(22-15-7-4-8-16-22,31(28,35)27(34)36-2)29(32)24-18-10-12-20-11-9-17-23(25(20)24)26(29)33/h3-18,35H,19H2,1-2H3/t28-,29-,30+,31?/m0/s1. The van der Waals surface area contributed by atoms with Gasteiger partial charge in [0.25, 0.3) is 0 Å². The lowest BCUT2D eigenvalue weighted by molar-refractivity contribution is -0.158. The van der Waals surface area contributed by atoms with Crippen molar-refractivity contribution in [3.05, 3.63) is 119 Å². The number of benzene rings is 4. The Labute approximate surface area is 208 Å². The average Bonchev–Trinajstić information content (AvgIpc) is 3.14. The summed E-state index contributed by atoms with van der Waals surface area (Å²) in [6.45, 7) is 0.299. The molecule has 1 saturated heterocycles. The van der Waals surface area contributed by atoms with E-state index in [9.17, 15) is 14.7 Å². The number of carbonyl (C=O) groups excluding carboxylic acids is 2. The van der Waals surface area contributed by atoms with Gasteiger partial charge in [0.05, 0.1) is 17.9 Å². The summed E-state index contributed by atoms with van der Waals surface area (Å²) in [5.41, 5.74) is -2.71. The number of Topliss-reactive ketones (excluding diaryl/α,β-unsaturated/α-hetero) is 1. The minimum absolute atomic E-state index is 0.0988. The Hall–Kier alpha value is -3.80. The number of piperidine rings is 1. The van der Waals surface area contributed by atoms with Gasteiger partial charge in [-0.15, -0.1) is 0 Å². The van der Waals surface area contributed by atoms with Crippen molar-refractivity contribution in [1.29, 1.82) is 0 Å². The van der Waals surface area contributed by atoms with Crippen molar-refractivity contribution in [3.8, 4) is 0 Å². The molecule has 4 atom stereocenters. The average molecular weight is 476 g/mol. The van der Waals surface area contributed by atoms with Crippen LogP contribution in [0.5, 0.6) is 0 Å². The molecule has 1 spiro atoms. The summed E-state index contributed by atoms with van der Waals surface area (Å²) < 4.78 is 5.31. The van der Waals surface area contributed by atoms with Crippen LogP contribution in [0.25, 0.3) is 10.8 Å². The number of methoxy groups -OCH3 is 1. The Kier molecular flexibility index (Phi) is 3.99. The molecule has 0 bridgehead atoms. The number of hydrogen-bond donors (Lipinski definition) is 1. The first-order chi connectivity index (χ1) is 17.4. The molecule has 7 rings (SSSR count). The predicted octanol–water partition coefficient (Wildman–Crippen LogP) is 3.97. The van der Waals surface area contributed by atoms with Crippen molar-refractivity contribution >= 4 is 22.5 Å². The van der Waals surface area contributed by atoms with Gasteiger partial charge in [0.2, 0.25) is 0 Å². The van der Waals surface area contributed by atoms with Gasteiger partial charge < -0.3 is 9.84 Å². The Morgan fingerprint density at radius 3 is 2.11 bits per heavy atom. The quantitative estimate of drug-likeness (QED) is 0.454. The van der Waals surface area contributed by atoms with E-state index in [2.05, 4.69) is 4.90 Å².